The molecule has 418 valence electrons. The number of rotatable bonds is 34. The fraction of sp³-hybridized carbons (Fsp3) is 0.457. The number of hydrogen-bond donors (Lipinski definition) is 1. The van der Waals surface area contributed by atoms with Crippen LogP contribution in [0.2, 0.25) is 0 Å². The molecular formula is C70H86N2O3S4. The number of carboxylic acid groups (broad SMARTS) is 1. The first-order valence-electron chi connectivity index (χ1n) is 30.4. The normalized spacial score (nSPS) is 11.9. The van der Waals surface area contributed by atoms with Crippen LogP contribution in [0.3, 0.4) is 0 Å². The highest BCUT2D eigenvalue weighted by Crippen LogP contribution is 2.51. The molecule has 3 aromatic carbocycles. The van der Waals surface area contributed by atoms with Gasteiger partial charge in [0.1, 0.15) is 5.75 Å². The second-order valence-corrected chi connectivity index (χ2v) is 26.0. The minimum atomic E-state index is -1.17. The van der Waals surface area contributed by atoms with Gasteiger partial charge in [0.05, 0.1) is 13.2 Å². The summed E-state index contributed by atoms with van der Waals surface area (Å²) < 4.78 is 8.61. The molecule has 0 saturated heterocycles. The second kappa shape index (κ2) is 30.5. The first kappa shape index (κ1) is 59.9. The average Bonchev–Trinajstić information content (AvgIpc) is 4.39. The van der Waals surface area contributed by atoms with Crippen LogP contribution < -0.4 is 4.74 Å². The Hall–Kier alpha value is -5.24. The number of fused-ring (bicyclic) bond motifs is 3. The van der Waals surface area contributed by atoms with Crippen LogP contribution in [-0.4, -0.2) is 22.2 Å². The average molecular weight is 1130 g/mol. The molecule has 0 aliphatic heterocycles. The third-order valence-electron chi connectivity index (χ3n) is 15.6. The largest absolute Gasteiger partial charge is 0.494 e. The van der Waals surface area contributed by atoms with Gasteiger partial charge in [-0.15, -0.1) is 45.3 Å². The Morgan fingerprint density at radius 2 is 0.911 bits per heavy atom. The van der Waals surface area contributed by atoms with Gasteiger partial charge in [-0.25, -0.2) is 4.85 Å². The molecule has 0 spiro atoms. The van der Waals surface area contributed by atoms with Crippen LogP contribution >= 0.6 is 45.3 Å². The van der Waals surface area contributed by atoms with Crippen molar-refractivity contribution < 1.29 is 14.6 Å². The van der Waals surface area contributed by atoms with Crippen LogP contribution in [0.5, 0.6) is 5.75 Å². The van der Waals surface area contributed by atoms with Crippen LogP contribution in [0.25, 0.3) is 83.6 Å². The highest BCUT2D eigenvalue weighted by Gasteiger charge is 2.24. The van der Waals surface area contributed by atoms with Gasteiger partial charge in [-0.3, -0.25) is 4.79 Å². The van der Waals surface area contributed by atoms with Gasteiger partial charge in [0.25, 0.3) is 5.70 Å². The van der Waals surface area contributed by atoms with E-state index in [1.54, 1.807) is 17.4 Å². The third-order valence-corrected chi connectivity index (χ3v) is 20.9. The van der Waals surface area contributed by atoms with Crippen LogP contribution in [0.15, 0.2) is 90.6 Å². The Bertz CT molecular complexity index is 3290. The fourth-order valence-corrected chi connectivity index (χ4v) is 16.4. The van der Waals surface area contributed by atoms with Gasteiger partial charge in [-0.2, -0.15) is 0 Å². The van der Waals surface area contributed by atoms with Crippen LogP contribution in [0, 0.1) is 6.57 Å². The maximum atomic E-state index is 12.0. The van der Waals surface area contributed by atoms with E-state index in [1.807, 2.05) is 34.0 Å². The number of aromatic nitrogens is 1. The molecule has 0 atom stereocenters. The van der Waals surface area contributed by atoms with Crippen LogP contribution in [0.1, 0.15) is 197 Å². The highest BCUT2D eigenvalue weighted by molar-refractivity contribution is 7.29. The molecular weight excluding hydrogens is 1050 g/mol. The van der Waals surface area contributed by atoms with Crippen molar-refractivity contribution in [3.05, 3.63) is 129 Å². The number of hydrogen-bond acceptors (Lipinski definition) is 6. The van der Waals surface area contributed by atoms with Crippen molar-refractivity contribution in [2.75, 3.05) is 6.61 Å². The van der Waals surface area contributed by atoms with Crippen molar-refractivity contribution in [2.45, 2.75) is 202 Å². The predicted molar refractivity (Wildman–Crippen MR) is 347 cm³/mol. The summed E-state index contributed by atoms with van der Waals surface area (Å²) in [6.07, 6.45) is 29.8. The Morgan fingerprint density at radius 1 is 0.494 bits per heavy atom. The number of aryl methyl sites for hydroxylation is 5. The molecule has 0 radical (unpaired) electrons. The number of thiophene rings is 4. The summed E-state index contributed by atoms with van der Waals surface area (Å²) in [7, 11) is 0. The summed E-state index contributed by atoms with van der Waals surface area (Å²) in [5.74, 6) is -0.229. The molecule has 9 heteroatoms. The van der Waals surface area contributed by atoms with Gasteiger partial charge in [0.2, 0.25) is 0 Å². The lowest BCUT2D eigenvalue weighted by Gasteiger charge is -2.08. The summed E-state index contributed by atoms with van der Waals surface area (Å²) in [6.45, 7) is 22.9. The zero-order valence-electron chi connectivity index (χ0n) is 48.3. The molecule has 1 N–H and O–H groups in total. The number of carbonyl (C=O) groups is 1. The SMILES string of the molecule is [C-]#[N+]/C(=C\c1cc(CCCCCC)c(-c2cc(CCCCCC)c(-c3cc(CCCCCC)c(-c4cc(CCCCCC)c(-c5ccc6c(c5)c5cc(-c7ccc(OCCCCCC)cc7)ccc5n6CC)s4)s3)s2)s1)C(=O)O. The summed E-state index contributed by atoms with van der Waals surface area (Å²) >= 11 is 7.61. The number of benzene rings is 3. The van der Waals surface area contributed by atoms with Gasteiger partial charge in [0, 0.05) is 67.4 Å². The maximum Gasteiger partial charge on any atom is 0.333 e. The monoisotopic (exact) mass is 1130 g/mol. The van der Waals surface area contributed by atoms with E-state index in [2.05, 4.69) is 136 Å². The van der Waals surface area contributed by atoms with Crippen molar-refractivity contribution in [1.82, 2.24) is 4.57 Å². The zero-order valence-corrected chi connectivity index (χ0v) is 51.6. The summed E-state index contributed by atoms with van der Waals surface area (Å²) in [5.41, 5.74) is 11.7. The Balaban J connectivity index is 1.21. The molecule has 8 rings (SSSR count). The van der Waals surface area contributed by atoms with E-state index < -0.39 is 5.97 Å². The molecule has 0 amide bonds. The van der Waals surface area contributed by atoms with E-state index >= 15 is 0 Å². The first-order chi connectivity index (χ1) is 38.7. The van der Waals surface area contributed by atoms with E-state index in [0.29, 0.717) is 0 Å². The van der Waals surface area contributed by atoms with E-state index in [1.165, 1.54) is 204 Å². The summed E-state index contributed by atoms with van der Waals surface area (Å²) in [4.78, 5) is 25.7. The smallest absolute Gasteiger partial charge is 0.333 e. The summed E-state index contributed by atoms with van der Waals surface area (Å²) in [6, 6.07) is 32.8. The molecule has 5 aromatic heterocycles. The lowest BCUT2D eigenvalue weighted by atomic mass is 9.99. The number of carboxylic acids is 1. The predicted octanol–water partition coefficient (Wildman–Crippen LogP) is 23.2. The van der Waals surface area contributed by atoms with E-state index in [9.17, 15) is 9.90 Å². The lowest BCUT2D eigenvalue weighted by molar-refractivity contribution is -0.132. The second-order valence-electron chi connectivity index (χ2n) is 21.7. The number of aliphatic carboxylic acids is 1. The zero-order chi connectivity index (χ0) is 55.5. The number of nitrogens with zero attached hydrogens (tertiary/aromatic N) is 2. The van der Waals surface area contributed by atoms with Crippen LogP contribution in [0.4, 0.5) is 0 Å². The molecule has 79 heavy (non-hydrogen) atoms. The third kappa shape index (κ3) is 15.4. The lowest BCUT2D eigenvalue weighted by Crippen LogP contribution is -1.97. The quantitative estimate of drug-likeness (QED) is 0.0248. The molecule has 5 nitrogen and oxygen atoms in total. The Labute approximate surface area is 489 Å². The number of ether oxygens (including phenoxy) is 1. The molecule has 0 bridgehead atoms. The molecule has 5 heterocycles. The summed E-state index contributed by atoms with van der Waals surface area (Å²) in [5, 5.41) is 12.4. The molecule has 0 saturated carbocycles. The van der Waals surface area contributed by atoms with Crippen molar-refractivity contribution in [2.24, 2.45) is 0 Å². The van der Waals surface area contributed by atoms with Crippen molar-refractivity contribution >= 4 is 79.2 Å². The molecule has 0 fully saturated rings. The van der Waals surface area contributed by atoms with Gasteiger partial charge in [-0.05, 0) is 170 Å². The van der Waals surface area contributed by atoms with Crippen LogP contribution in [-0.2, 0) is 37.0 Å². The topological polar surface area (TPSA) is 55.8 Å². The standard InChI is InChI=1S/C70H86N2O3S4/c1-8-14-19-24-29-51-42-57(48-60(71-7)70(73)74)76-67(51)63-46-53(31-26-21-16-10-3)69(78-63)65-47-54(32-27-22-17-11-4)68(79-65)64-45-52(30-25-20-15-9-2)66(77-64)55-36-40-62-59(44-55)58-43-50(35-39-61(58)72(62)13-6)49-33-37-56(38-34-49)75-41-28-23-18-12-5/h33-40,42-48H,8-32,41H2,1-6H3,(H,73,74)/b60-48-. The minimum absolute atomic E-state index is 0.234. The van der Waals surface area contributed by atoms with Crippen molar-refractivity contribution in [3.8, 4) is 56.6 Å². The first-order valence-corrected chi connectivity index (χ1v) is 33.6. The van der Waals surface area contributed by atoms with Crippen molar-refractivity contribution in [3.63, 3.8) is 0 Å². The Kier molecular flexibility index (Phi) is 23.1. The van der Waals surface area contributed by atoms with Gasteiger partial charge in [-0.1, -0.05) is 155 Å². The molecule has 0 aliphatic rings. The molecule has 8 aromatic rings. The fourth-order valence-electron chi connectivity index (χ4n) is 11.2. The van der Waals surface area contributed by atoms with E-state index in [0.717, 1.165) is 68.7 Å². The molecule has 0 aliphatic carbocycles. The van der Waals surface area contributed by atoms with Gasteiger partial charge in [0.15, 0.2) is 0 Å². The molecule has 0 unspecified atom stereocenters. The van der Waals surface area contributed by atoms with E-state index in [-0.39, 0.29) is 5.70 Å². The highest BCUT2D eigenvalue weighted by atomic mass is 32.1. The van der Waals surface area contributed by atoms with Crippen molar-refractivity contribution in [1.29, 1.82) is 0 Å². The van der Waals surface area contributed by atoms with Gasteiger partial charge < -0.3 is 14.4 Å². The minimum Gasteiger partial charge on any atom is -0.494 e. The van der Waals surface area contributed by atoms with Gasteiger partial charge >= 0.3 is 5.97 Å². The number of unbranched alkanes of at least 4 members (excludes halogenated alkanes) is 15. The maximum absolute atomic E-state index is 12.0. The van der Waals surface area contributed by atoms with E-state index in [4.69, 9.17) is 11.3 Å². The Morgan fingerprint density at radius 3 is 1.38 bits per heavy atom.